The van der Waals surface area contributed by atoms with Gasteiger partial charge in [0.25, 0.3) is 0 Å². The Hall–Kier alpha value is -0.280. The van der Waals surface area contributed by atoms with Crippen molar-refractivity contribution in [2.24, 2.45) is 0 Å². The number of rotatable bonds is 5. The number of hydrogen-bond donors (Lipinski definition) is 1. The first kappa shape index (κ1) is 12.7. The average Bonchev–Trinajstić information content (AvgIpc) is 1.99. The molecule has 3 nitrogen and oxygen atoms in total. The number of carbonyl (C=O) groups is 1. The van der Waals surface area contributed by atoms with E-state index < -0.39 is 5.60 Å². The highest BCUT2D eigenvalue weighted by Gasteiger charge is 2.20. The van der Waals surface area contributed by atoms with E-state index in [4.69, 9.17) is 11.6 Å². The zero-order chi connectivity index (χ0) is 10.5. The maximum absolute atomic E-state index is 11.4. The Labute approximate surface area is 84.7 Å². The topological polar surface area (TPSA) is 40.5 Å². The van der Waals surface area contributed by atoms with E-state index in [1.54, 1.807) is 18.7 Å². The van der Waals surface area contributed by atoms with Gasteiger partial charge in [-0.1, -0.05) is 0 Å². The molecule has 4 heteroatoms. The second-order valence-electron chi connectivity index (χ2n) is 3.66. The average molecular weight is 208 g/mol. The van der Waals surface area contributed by atoms with Gasteiger partial charge < -0.3 is 10.0 Å². The van der Waals surface area contributed by atoms with E-state index in [0.717, 1.165) is 0 Å². The van der Waals surface area contributed by atoms with E-state index in [0.29, 0.717) is 25.4 Å². The fraction of sp³-hybridized carbons (Fsp3) is 0.889. The maximum atomic E-state index is 11.4. The lowest BCUT2D eigenvalue weighted by Gasteiger charge is -2.27. The van der Waals surface area contributed by atoms with E-state index >= 15 is 0 Å². The fourth-order valence-corrected chi connectivity index (χ4v) is 1.24. The number of hydrogen-bond acceptors (Lipinski definition) is 2. The van der Waals surface area contributed by atoms with Crippen LogP contribution in [0.2, 0.25) is 0 Å². The molecule has 0 aromatic carbocycles. The number of aliphatic hydroxyl groups is 1. The van der Waals surface area contributed by atoms with Crippen molar-refractivity contribution < 1.29 is 9.90 Å². The zero-order valence-corrected chi connectivity index (χ0v) is 9.26. The van der Waals surface area contributed by atoms with Gasteiger partial charge in [0.2, 0.25) is 5.91 Å². The Bertz CT molecular complexity index is 165. The van der Waals surface area contributed by atoms with Gasteiger partial charge >= 0.3 is 0 Å². The van der Waals surface area contributed by atoms with Crippen molar-refractivity contribution in [3.05, 3.63) is 0 Å². The molecular weight excluding hydrogens is 190 g/mol. The SMILES string of the molecule is CCN(CC(C)(C)O)C(=O)CCCl. The first-order valence-electron chi connectivity index (χ1n) is 4.47. The summed E-state index contributed by atoms with van der Waals surface area (Å²) in [5, 5.41) is 9.51. The Morgan fingerprint density at radius 1 is 1.54 bits per heavy atom. The Morgan fingerprint density at radius 2 is 2.08 bits per heavy atom. The number of halogens is 1. The molecule has 1 N–H and O–H groups in total. The van der Waals surface area contributed by atoms with E-state index in [9.17, 15) is 9.90 Å². The molecule has 13 heavy (non-hydrogen) atoms. The zero-order valence-electron chi connectivity index (χ0n) is 8.51. The highest BCUT2D eigenvalue weighted by atomic mass is 35.5. The predicted octanol–water partition coefficient (Wildman–Crippen LogP) is 1.23. The molecule has 0 spiro atoms. The molecular formula is C9H18ClNO2. The molecule has 0 atom stereocenters. The van der Waals surface area contributed by atoms with Crippen LogP contribution >= 0.6 is 11.6 Å². The molecule has 0 saturated heterocycles. The molecule has 0 radical (unpaired) electrons. The van der Waals surface area contributed by atoms with Gasteiger partial charge in [-0.05, 0) is 20.8 Å². The van der Waals surface area contributed by atoms with E-state index in [1.807, 2.05) is 6.92 Å². The number of carbonyl (C=O) groups excluding carboxylic acids is 1. The number of likely N-dealkylation sites (N-methyl/N-ethyl adjacent to an activating group) is 1. The van der Waals surface area contributed by atoms with Crippen LogP contribution in [0, 0.1) is 0 Å². The monoisotopic (exact) mass is 207 g/mol. The van der Waals surface area contributed by atoms with Crippen LogP contribution in [0.25, 0.3) is 0 Å². The van der Waals surface area contributed by atoms with Gasteiger partial charge in [-0.2, -0.15) is 0 Å². The second kappa shape index (κ2) is 5.45. The van der Waals surface area contributed by atoms with Gasteiger partial charge in [-0.3, -0.25) is 4.79 Å². The van der Waals surface area contributed by atoms with Crippen molar-refractivity contribution in [3.8, 4) is 0 Å². The summed E-state index contributed by atoms with van der Waals surface area (Å²) < 4.78 is 0. The van der Waals surface area contributed by atoms with Gasteiger partial charge in [-0.25, -0.2) is 0 Å². The van der Waals surface area contributed by atoms with Crippen LogP contribution < -0.4 is 0 Å². The molecule has 0 bridgehead atoms. The summed E-state index contributed by atoms with van der Waals surface area (Å²) in [6.07, 6.45) is 0.339. The van der Waals surface area contributed by atoms with E-state index in [-0.39, 0.29) is 5.91 Å². The molecule has 1 amide bonds. The first-order valence-corrected chi connectivity index (χ1v) is 5.00. The summed E-state index contributed by atoms with van der Waals surface area (Å²) in [4.78, 5) is 13.0. The minimum Gasteiger partial charge on any atom is -0.389 e. The lowest BCUT2D eigenvalue weighted by atomic mass is 10.1. The van der Waals surface area contributed by atoms with Crippen molar-refractivity contribution in [2.45, 2.75) is 32.8 Å². The molecule has 78 valence electrons. The summed E-state index contributed by atoms with van der Waals surface area (Å²) in [7, 11) is 0. The third kappa shape index (κ3) is 5.88. The molecule has 0 aliphatic carbocycles. The normalized spacial score (nSPS) is 11.5. The summed E-state index contributed by atoms with van der Waals surface area (Å²) >= 11 is 5.46. The molecule has 0 aromatic heterocycles. The highest BCUT2D eigenvalue weighted by molar-refractivity contribution is 6.18. The lowest BCUT2D eigenvalue weighted by Crippen LogP contribution is -2.42. The van der Waals surface area contributed by atoms with Crippen LogP contribution in [0.15, 0.2) is 0 Å². The van der Waals surface area contributed by atoms with Crippen molar-refractivity contribution >= 4 is 17.5 Å². The van der Waals surface area contributed by atoms with Crippen LogP contribution in [0.1, 0.15) is 27.2 Å². The number of nitrogens with zero attached hydrogens (tertiary/aromatic N) is 1. The number of amides is 1. The largest absolute Gasteiger partial charge is 0.389 e. The van der Waals surface area contributed by atoms with Crippen molar-refractivity contribution in [2.75, 3.05) is 19.0 Å². The Balaban J connectivity index is 4.10. The van der Waals surface area contributed by atoms with Crippen molar-refractivity contribution in [1.82, 2.24) is 4.90 Å². The molecule has 0 aliphatic heterocycles. The molecule has 0 fully saturated rings. The third-order valence-electron chi connectivity index (χ3n) is 1.62. The first-order chi connectivity index (χ1) is 5.90. The highest BCUT2D eigenvalue weighted by Crippen LogP contribution is 2.06. The summed E-state index contributed by atoms with van der Waals surface area (Å²) in [5.41, 5.74) is -0.835. The van der Waals surface area contributed by atoms with Crippen LogP contribution in [-0.4, -0.2) is 40.5 Å². The molecule has 0 saturated carbocycles. The number of alkyl halides is 1. The van der Waals surface area contributed by atoms with E-state index in [2.05, 4.69) is 0 Å². The predicted molar refractivity (Wildman–Crippen MR) is 53.9 cm³/mol. The van der Waals surface area contributed by atoms with Crippen LogP contribution in [0.5, 0.6) is 0 Å². The lowest BCUT2D eigenvalue weighted by molar-refractivity contribution is -0.133. The van der Waals surface area contributed by atoms with Crippen molar-refractivity contribution in [1.29, 1.82) is 0 Å². The van der Waals surface area contributed by atoms with Gasteiger partial charge in [0.1, 0.15) is 0 Å². The summed E-state index contributed by atoms with van der Waals surface area (Å²) in [5.74, 6) is 0.334. The third-order valence-corrected chi connectivity index (χ3v) is 1.81. The molecule has 0 aromatic rings. The van der Waals surface area contributed by atoms with Gasteiger partial charge in [0.05, 0.1) is 5.60 Å². The molecule has 0 heterocycles. The van der Waals surface area contributed by atoms with Crippen molar-refractivity contribution in [3.63, 3.8) is 0 Å². The molecule has 0 rings (SSSR count). The Morgan fingerprint density at radius 3 is 2.38 bits per heavy atom. The smallest absolute Gasteiger partial charge is 0.223 e. The minimum atomic E-state index is -0.835. The Kier molecular flexibility index (Phi) is 5.33. The van der Waals surface area contributed by atoms with E-state index in [1.165, 1.54) is 0 Å². The summed E-state index contributed by atoms with van der Waals surface area (Å²) in [6.45, 7) is 6.23. The van der Waals surface area contributed by atoms with Crippen LogP contribution in [0.4, 0.5) is 0 Å². The maximum Gasteiger partial charge on any atom is 0.223 e. The fourth-order valence-electron chi connectivity index (χ4n) is 1.08. The van der Waals surface area contributed by atoms with Gasteiger partial charge in [-0.15, -0.1) is 11.6 Å². The molecule has 0 aliphatic rings. The summed E-state index contributed by atoms with van der Waals surface area (Å²) in [6, 6.07) is 0. The quantitative estimate of drug-likeness (QED) is 0.690. The van der Waals surface area contributed by atoms with Gasteiger partial charge in [0.15, 0.2) is 0 Å². The molecule has 0 unspecified atom stereocenters. The van der Waals surface area contributed by atoms with Gasteiger partial charge in [0, 0.05) is 25.4 Å². The van der Waals surface area contributed by atoms with Crippen LogP contribution in [0.3, 0.4) is 0 Å². The van der Waals surface area contributed by atoms with Crippen LogP contribution in [-0.2, 0) is 4.79 Å². The standard InChI is InChI=1S/C9H18ClNO2/c1-4-11(7-9(2,3)13)8(12)5-6-10/h13H,4-7H2,1-3H3. The second-order valence-corrected chi connectivity index (χ2v) is 4.04. The minimum absolute atomic E-state index is 0.000347.